The van der Waals surface area contributed by atoms with Gasteiger partial charge in [0.25, 0.3) is 0 Å². The van der Waals surface area contributed by atoms with Crippen LogP contribution in [0.2, 0.25) is 0 Å². The molecule has 0 aliphatic carbocycles. The fourth-order valence-electron chi connectivity index (χ4n) is 1.95. The van der Waals surface area contributed by atoms with Crippen molar-refractivity contribution in [3.63, 3.8) is 0 Å². The Morgan fingerprint density at radius 2 is 2.05 bits per heavy atom. The Kier molecular flexibility index (Phi) is 3.33. The molecule has 0 unspecified atom stereocenters. The molecule has 0 aliphatic heterocycles. The van der Waals surface area contributed by atoms with E-state index in [-0.39, 0.29) is 5.82 Å². The van der Waals surface area contributed by atoms with Crippen LogP contribution in [0.1, 0.15) is 13.3 Å². The summed E-state index contributed by atoms with van der Waals surface area (Å²) in [7, 11) is 0. The number of furan rings is 1. The lowest BCUT2D eigenvalue weighted by atomic mass is 10.2. The Morgan fingerprint density at radius 3 is 2.80 bits per heavy atom. The molecule has 0 radical (unpaired) electrons. The van der Waals surface area contributed by atoms with Gasteiger partial charge in [0.05, 0.1) is 0 Å². The van der Waals surface area contributed by atoms with Gasteiger partial charge < -0.3 is 9.73 Å². The molecule has 2 heterocycles. The molecule has 0 fully saturated rings. The van der Waals surface area contributed by atoms with Crippen LogP contribution in [0.25, 0.3) is 22.4 Å². The summed E-state index contributed by atoms with van der Waals surface area (Å²) in [5, 5.41) is 12.1. The lowest BCUT2D eigenvalue weighted by Gasteiger charge is -2.02. The molecule has 5 heteroatoms. The van der Waals surface area contributed by atoms with Gasteiger partial charge in [-0.25, -0.2) is 4.39 Å². The highest BCUT2D eigenvalue weighted by Gasteiger charge is 2.08. The van der Waals surface area contributed by atoms with Gasteiger partial charge in [0.1, 0.15) is 22.9 Å². The molecule has 2 aromatic heterocycles. The van der Waals surface area contributed by atoms with Gasteiger partial charge in [-0.05, 0) is 42.8 Å². The van der Waals surface area contributed by atoms with Crippen LogP contribution in [0.5, 0.6) is 0 Å². The van der Waals surface area contributed by atoms with Gasteiger partial charge in [-0.1, -0.05) is 6.92 Å². The average Bonchev–Trinajstić information content (AvgIpc) is 2.88. The van der Waals surface area contributed by atoms with Gasteiger partial charge >= 0.3 is 0 Å². The minimum atomic E-state index is -0.282. The normalized spacial score (nSPS) is 10.9. The van der Waals surface area contributed by atoms with E-state index in [4.69, 9.17) is 4.42 Å². The summed E-state index contributed by atoms with van der Waals surface area (Å²) in [6, 6.07) is 9.87. The minimum Gasteiger partial charge on any atom is -0.454 e. The molecular formula is C15H14FN3O. The predicted octanol–water partition coefficient (Wildman–Crippen LogP) is 3.85. The van der Waals surface area contributed by atoms with Crippen molar-refractivity contribution >= 4 is 16.8 Å². The molecule has 20 heavy (non-hydrogen) atoms. The fraction of sp³-hybridized carbons (Fsp3) is 0.200. The summed E-state index contributed by atoms with van der Waals surface area (Å²) in [6.45, 7) is 2.94. The number of nitrogens with zero attached hydrogens (tertiary/aromatic N) is 2. The van der Waals surface area contributed by atoms with Gasteiger partial charge in [-0.15, -0.1) is 10.2 Å². The molecule has 0 bridgehead atoms. The smallest absolute Gasteiger partial charge is 0.155 e. The van der Waals surface area contributed by atoms with Gasteiger partial charge in [0.2, 0.25) is 0 Å². The summed E-state index contributed by atoms with van der Waals surface area (Å²) in [5.41, 5.74) is 1.26. The number of rotatable bonds is 4. The molecule has 0 amide bonds. The number of fused-ring (bicyclic) bond motifs is 1. The van der Waals surface area contributed by atoms with Crippen molar-refractivity contribution in [3.05, 3.63) is 42.2 Å². The van der Waals surface area contributed by atoms with Crippen LogP contribution in [0.3, 0.4) is 0 Å². The topological polar surface area (TPSA) is 51.0 Å². The van der Waals surface area contributed by atoms with Crippen LogP contribution >= 0.6 is 0 Å². The van der Waals surface area contributed by atoms with Crippen LogP contribution in [-0.2, 0) is 0 Å². The third-order valence-electron chi connectivity index (χ3n) is 2.95. The van der Waals surface area contributed by atoms with E-state index in [0.717, 1.165) is 24.2 Å². The van der Waals surface area contributed by atoms with Gasteiger partial charge in [-0.3, -0.25) is 0 Å². The summed E-state index contributed by atoms with van der Waals surface area (Å²) in [5.74, 6) is 1.04. The van der Waals surface area contributed by atoms with Gasteiger partial charge in [0, 0.05) is 11.9 Å². The highest BCUT2D eigenvalue weighted by atomic mass is 19.1. The Morgan fingerprint density at radius 1 is 1.15 bits per heavy atom. The predicted molar refractivity (Wildman–Crippen MR) is 76.0 cm³/mol. The fourth-order valence-corrected chi connectivity index (χ4v) is 1.95. The molecule has 0 saturated heterocycles. The molecule has 0 spiro atoms. The van der Waals surface area contributed by atoms with Crippen molar-refractivity contribution in [3.8, 4) is 11.5 Å². The van der Waals surface area contributed by atoms with Crippen molar-refractivity contribution < 1.29 is 8.81 Å². The Labute approximate surface area is 115 Å². The first kappa shape index (κ1) is 12.6. The number of anilines is 1. The summed E-state index contributed by atoms with van der Waals surface area (Å²) >= 11 is 0. The number of benzene rings is 1. The van der Waals surface area contributed by atoms with Gasteiger partial charge in [0.15, 0.2) is 5.76 Å². The molecule has 3 aromatic rings. The van der Waals surface area contributed by atoms with Crippen molar-refractivity contribution in [2.45, 2.75) is 13.3 Å². The maximum absolute atomic E-state index is 13.1. The Bertz CT molecular complexity index is 722. The van der Waals surface area contributed by atoms with Gasteiger partial charge in [-0.2, -0.15) is 0 Å². The van der Waals surface area contributed by atoms with E-state index in [2.05, 4.69) is 22.4 Å². The zero-order valence-corrected chi connectivity index (χ0v) is 11.1. The Balaban J connectivity index is 1.90. The lowest BCUT2D eigenvalue weighted by molar-refractivity contribution is 0.617. The molecule has 1 aromatic carbocycles. The molecule has 0 aliphatic rings. The maximum Gasteiger partial charge on any atom is 0.155 e. The Hall–Kier alpha value is -2.43. The minimum absolute atomic E-state index is 0.282. The molecule has 4 nitrogen and oxygen atoms in total. The third-order valence-corrected chi connectivity index (χ3v) is 2.95. The molecular weight excluding hydrogens is 257 g/mol. The van der Waals surface area contributed by atoms with Crippen molar-refractivity contribution in [2.24, 2.45) is 0 Å². The average molecular weight is 271 g/mol. The van der Waals surface area contributed by atoms with E-state index in [0.29, 0.717) is 17.0 Å². The zero-order valence-electron chi connectivity index (χ0n) is 11.1. The number of hydrogen-bond donors (Lipinski definition) is 1. The first-order valence-electron chi connectivity index (χ1n) is 6.53. The molecule has 0 saturated carbocycles. The molecule has 1 N–H and O–H groups in total. The van der Waals surface area contributed by atoms with E-state index in [1.165, 1.54) is 12.1 Å². The van der Waals surface area contributed by atoms with Crippen molar-refractivity contribution in [1.29, 1.82) is 0 Å². The van der Waals surface area contributed by atoms with E-state index in [1.54, 1.807) is 12.1 Å². The van der Waals surface area contributed by atoms with E-state index < -0.39 is 0 Å². The SMILES string of the molecule is CCCNc1ccc(-c2cc3cc(F)ccc3o2)nn1. The second kappa shape index (κ2) is 5.28. The van der Waals surface area contributed by atoms with Crippen molar-refractivity contribution in [1.82, 2.24) is 10.2 Å². The van der Waals surface area contributed by atoms with Crippen LogP contribution in [0, 0.1) is 5.82 Å². The van der Waals surface area contributed by atoms with Crippen LogP contribution in [0.4, 0.5) is 10.2 Å². The molecule has 102 valence electrons. The highest BCUT2D eigenvalue weighted by Crippen LogP contribution is 2.27. The van der Waals surface area contributed by atoms with Crippen LogP contribution < -0.4 is 5.32 Å². The number of halogens is 1. The van der Waals surface area contributed by atoms with Crippen LogP contribution in [0.15, 0.2) is 40.8 Å². The second-order valence-corrected chi connectivity index (χ2v) is 4.52. The maximum atomic E-state index is 13.1. The quantitative estimate of drug-likeness (QED) is 0.783. The highest BCUT2D eigenvalue weighted by molar-refractivity contribution is 5.82. The van der Waals surface area contributed by atoms with E-state index >= 15 is 0 Å². The zero-order chi connectivity index (χ0) is 13.9. The lowest BCUT2D eigenvalue weighted by Crippen LogP contribution is -2.02. The monoisotopic (exact) mass is 271 g/mol. The second-order valence-electron chi connectivity index (χ2n) is 4.52. The molecule has 0 atom stereocenters. The third kappa shape index (κ3) is 2.47. The summed E-state index contributed by atoms with van der Waals surface area (Å²) in [6.07, 6.45) is 1.03. The molecule has 3 rings (SSSR count). The van der Waals surface area contributed by atoms with Crippen molar-refractivity contribution in [2.75, 3.05) is 11.9 Å². The number of hydrogen-bond acceptors (Lipinski definition) is 4. The first-order chi connectivity index (χ1) is 9.76. The van der Waals surface area contributed by atoms with E-state index in [9.17, 15) is 4.39 Å². The summed E-state index contributed by atoms with van der Waals surface area (Å²) in [4.78, 5) is 0. The first-order valence-corrected chi connectivity index (χ1v) is 6.53. The largest absolute Gasteiger partial charge is 0.454 e. The standard InChI is InChI=1S/C15H14FN3O/c1-2-7-17-15-6-4-12(18-19-15)14-9-10-8-11(16)3-5-13(10)20-14/h3-6,8-9H,2,7H2,1H3,(H,17,19). The number of aromatic nitrogens is 2. The van der Waals surface area contributed by atoms with E-state index in [1.807, 2.05) is 12.1 Å². The number of nitrogens with one attached hydrogen (secondary N) is 1. The summed E-state index contributed by atoms with van der Waals surface area (Å²) < 4.78 is 18.8. The van der Waals surface area contributed by atoms with Crippen LogP contribution in [-0.4, -0.2) is 16.7 Å².